The van der Waals surface area contributed by atoms with Gasteiger partial charge in [0.15, 0.2) is 0 Å². The Balaban J connectivity index is 2.05. The van der Waals surface area contributed by atoms with Gasteiger partial charge < -0.3 is 10.4 Å². The van der Waals surface area contributed by atoms with Gasteiger partial charge in [0.2, 0.25) is 5.91 Å². The van der Waals surface area contributed by atoms with Crippen molar-refractivity contribution in [2.75, 3.05) is 5.32 Å². The van der Waals surface area contributed by atoms with Crippen LogP contribution in [0.15, 0.2) is 42.6 Å². The summed E-state index contributed by atoms with van der Waals surface area (Å²) in [5.41, 5.74) is 1.09. The average molecular weight is 291 g/mol. The number of benzene rings is 1. The molecule has 0 unspecified atom stereocenters. The molecular weight excluding hydrogens is 280 g/mol. The second kappa shape index (κ2) is 6.16. The summed E-state index contributed by atoms with van der Waals surface area (Å²) >= 11 is 5.82. The first-order valence-electron chi connectivity index (χ1n) is 5.79. The number of aromatic carboxylic acids is 1. The minimum Gasteiger partial charge on any atom is -0.478 e. The summed E-state index contributed by atoms with van der Waals surface area (Å²) in [5, 5.41) is 11.6. The number of hydrogen-bond acceptors (Lipinski definition) is 3. The normalized spacial score (nSPS) is 10.1. The topological polar surface area (TPSA) is 79.3 Å². The fourth-order valence-corrected chi connectivity index (χ4v) is 1.90. The lowest BCUT2D eigenvalue weighted by molar-refractivity contribution is -0.115. The minimum absolute atomic E-state index is 0.00519. The van der Waals surface area contributed by atoms with Crippen molar-refractivity contribution in [3.63, 3.8) is 0 Å². The fraction of sp³-hybridized carbons (Fsp3) is 0.0714. The Bertz CT molecular complexity index is 644. The van der Waals surface area contributed by atoms with E-state index in [1.807, 2.05) is 0 Å². The summed E-state index contributed by atoms with van der Waals surface area (Å²) in [6, 6.07) is 9.56. The van der Waals surface area contributed by atoms with Crippen molar-refractivity contribution < 1.29 is 14.7 Å². The smallest absolute Gasteiger partial charge is 0.337 e. The van der Waals surface area contributed by atoms with Crippen LogP contribution < -0.4 is 5.32 Å². The molecule has 2 aromatic rings. The van der Waals surface area contributed by atoms with Gasteiger partial charge in [0.05, 0.1) is 17.0 Å². The van der Waals surface area contributed by atoms with Gasteiger partial charge in [-0.25, -0.2) is 4.79 Å². The first kappa shape index (κ1) is 14.0. The number of carbonyl (C=O) groups is 2. The van der Waals surface area contributed by atoms with Crippen molar-refractivity contribution in [2.24, 2.45) is 0 Å². The van der Waals surface area contributed by atoms with E-state index < -0.39 is 5.97 Å². The van der Waals surface area contributed by atoms with Crippen LogP contribution in [0.1, 0.15) is 16.1 Å². The van der Waals surface area contributed by atoms with Crippen molar-refractivity contribution >= 4 is 29.2 Å². The van der Waals surface area contributed by atoms with Gasteiger partial charge in [-0.05, 0) is 30.3 Å². The third-order valence-corrected chi connectivity index (χ3v) is 2.86. The zero-order valence-electron chi connectivity index (χ0n) is 10.3. The monoisotopic (exact) mass is 290 g/mol. The summed E-state index contributed by atoms with van der Waals surface area (Å²) in [4.78, 5) is 26.7. The van der Waals surface area contributed by atoms with Crippen LogP contribution >= 0.6 is 11.6 Å². The molecule has 20 heavy (non-hydrogen) atoms. The maximum atomic E-state index is 11.8. The fourth-order valence-electron chi connectivity index (χ4n) is 1.64. The number of hydrogen-bond donors (Lipinski definition) is 2. The quantitative estimate of drug-likeness (QED) is 0.907. The number of carboxylic acids is 1. The number of nitrogens with zero attached hydrogens (tertiary/aromatic N) is 1. The van der Waals surface area contributed by atoms with Crippen LogP contribution in [0.5, 0.6) is 0 Å². The molecule has 0 atom stereocenters. The summed E-state index contributed by atoms with van der Waals surface area (Å²) in [6.07, 6.45) is 1.75. The number of aromatic nitrogens is 1. The molecule has 6 heteroatoms. The molecule has 0 fully saturated rings. The largest absolute Gasteiger partial charge is 0.478 e. The van der Waals surface area contributed by atoms with Crippen LogP contribution in [0, 0.1) is 0 Å². The number of amides is 1. The van der Waals surface area contributed by atoms with Crippen LogP contribution in [0.25, 0.3) is 0 Å². The van der Waals surface area contributed by atoms with Gasteiger partial charge in [-0.15, -0.1) is 0 Å². The maximum Gasteiger partial charge on any atom is 0.337 e. The Morgan fingerprint density at radius 3 is 2.65 bits per heavy atom. The van der Waals surface area contributed by atoms with Crippen LogP contribution in [-0.2, 0) is 11.2 Å². The highest BCUT2D eigenvalue weighted by Crippen LogP contribution is 2.21. The van der Waals surface area contributed by atoms with E-state index in [1.54, 1.807) is 24.4 Å². The van der Waals surface area contributed by atoms with Crippen molar-refractivity contribution in [1.82, 2.24) is 4.98 Å². The molecule has 102 valence electrons. The van der Waals surface area contributed by atoms with Gasteiger partial charge in [0.25, 0.3) is 0 Å². The lowest BCUT2D eigenvalue weighted by Crippen LogP contribution is -2.15. The van der Waals surface area contributed by atoms with E-state index in [2.05, 4.69) is 10.3 Å². The zero-order valence-corrected chi connectivity index (χ0v) is 11.1. The number of carbonyl (C=O) groups excluding carboxylic acids is 1. The van der Waals surface area contributed by atoms with Gasteiger partial charge in [-0.2, -0.15) is 0 Å². The predicted molar refractivity (Wildman–Crippen MR) is 75.0 cm³/mol. The van der Waals surface area contributed by atoms with Gasteiger partial charge >= 0.3 is 5.97 Å². The number of carboxylic acid groups (broad SMARTS) is 1. The maximum absolute atomic E-state index is 11.8. The van der Waals surface area contributed by atoms with E-state index in [0.29, 0.717) is 11.4 Å². The van der Waals surface area contributed by atoms with Crippen LogP contribution in [0.3, 0.4) is 0 Å². The average Bonchev–Trinajstić information content (AvgIpc) is 2.39. The highest BCUT2D eigenvalue weighted by molar-refractivity contribution is 6.33. The molecule has 0 spiro atoms. The standard InChI is InChI=1S/C14H11ClN2O3/c15-12-7-10(4-5-11(12)14(19)20)17-13(18)8-9-3-1-2-6-16-9/h1-7H,8H2,(H,17,18)(H,19,20). The molecule has 0 saturated heterocycles. The number of halogens is 1. The predicted octanol–water partition coefficient (Wildman–Crippen LogP) is 2.61. The van der Waals surface area contributed by atoms with Gasteiger partial charge in [-0.1, -0.05) is 17.7 Å². The molecule has 1 amide bonds. The molecule has 0 aliphatic heterocycles. The Labute approximate surface area is 120 Å². The van der Waals surface area contributed by atoms with Crippen LogP contribution in [-0.4, -0.2) is 22.0 Å². The first-order valence-corrected chi connectivity index (χ1v) is 6.16. The number of pyridine rings is 1. The lowest BCUT2D eigenvalue weighted by atomic mass is 10.2. The Morgan fingerprint density at radius 1 is 1.25 bits per heavy atom. The first-order chi connectivity index (χ1) is 9.56. The second-order valence-electron chi connectivity index (χ2n) is 4.05. The van der Waals surface area contributed by atoms with Gasteiger partial charge in [0.1, 0.15) is 0 Å². The van der Waals surface area contributed by atoms with E-state index >= 15 is 0 Å². The SMILES string of the molecule is O=C(Cc1ccccn1)Nc1ccc(C(=O)O)c(Cl)c1. The highest BCUT2D eigenvalue weighted by Gasteiger charge is 2.10. The minimum atomic E-state index is -1.11. The third-order valence-electron chi connectivity index (χ3n) is 2.55. The Kier molecular flexibility index (Phi) is 4.32. The van der Waals surface area contributed by atoms with Gasteiger partial charge in [0, 0.05) is 17.6 Å². The number of anilines is 1. The van der Waals surface area contributed by atoms with E-state index in [4.69, 9.17) is 16.7 Å². The molecule has 1 aromatic heterocycles. The van der Waals surface area contributed by atoms with Crippen molar-refractivity contribution in [3.8, 4) is 0 Å². The summed E-state index contributed by atoms with van der Waals surface area (Å²) < 4.78 is 0. The van der Waals surface area contributed by atoms with Crippen molar-refractivity contribution in [1.29, 1.82) is 0 Å². The second-order valence-corrected chi connectivity index (χ2v) is 4.45. The van der Waals surface area contributed by atoms with Gasteiger partial charge in [-0.3, -0.25) is 9.78 Å². The zero-order chi connectivity index (χ0) is 14.5. The number of rotatable bonds is 4. The molecule has 0 bridgehead atoms. The molecule has 2 rings (SSSR count). The molecule has 0 radical (unpaired) electrons. The van der Waals surface area contributed by atoms with E-state index in [9.17, 15) is 9.59 Å². The van der Waals surface area contributed by atoms with E-state index in [1.165, 1.54) is 18.2 Å². The lowest BCUT2D eigenvalue weighted by Gasteiger charge is -2.06. The van der Waals surface area contributed by atoms with Crippen molar-refractivity contribution in [2.45, 2.75) is 6.42 Å². The van der Waals surface area contributed by atoms with E-state index in [0.717, 1.165) is 0 Å². The van der Waals surface area contributed by atoms with Crippen molar-refractivity contribution in [3.05, 3.63) is 58.9 Å². The third kappa shape index (κ3) is 3.55. The van der Waals surface area contributed by atoms with Crippen LogP contribution in [0.4, 0.5) is 5.69 Å². The summed E-state index contributed by atoms with van der Waals surface area (Å²) in [7, 11) is 0. The molecule has 0 saturated carbocycles. The summed E-state index contributed by atoms with van der Waals surface area (Å²) in [6.45, 7) is 0. The van der Waals surface area contributed by atoms with Crippen LogP contribution in [0.2, 0.25) is 5.02 Å². The number of nitrogens with one attached hydrogen (secondary N) is 1. The molecule has 1 heterocycles. The molecule has 5 nitrogen and oxygen atoms in total. The Hall–Kier alpha value is -2.40. The molecule has 0 aliphatic carbocycles. The molecular formula is C14H11ClN2O3. The molecule has 0 aliphatic rings. The Morgan fingerprint density at radius 2 is 2.05 bits per heavy atom. The summed E-state index contributed by atoms with van der Waals surface area (Å²) in [5.74, 6) is -1.36. The van der Waals surface area contributed by atoms with E-state index in [-0.39, 0.29) is 22.9 Å². The highest BCUT2D eigenvalue weighted by atomic mass is 35.5. The molecule has 1 aromatic carbocycles. The molecule has 2 N–H and O–H groups in total.